The molecule has 4 aromatic carbocycles. The molecule has 1 saturated heterocycles. The van der Waals surface area contributed by atoms with Crippen molar-refractivity contribution in [3.8, 4) is 28.0 Å². The first-order valence-electron chi connectivity index (χ1n) is 12.1. The minimum atomic E-state index is -3.99. The van der Waals surface area contributed by atoms with E-state index in [-0.39, 0.29) is 17.7 Å². The van der Waals surface area contributed by atoms with Crippen molar-refractivity contribution in [2.24, 2.45) is 0 Å². The molecule has 190 valence electrons. The summed E-state index contributed by atoms with van der Waals surface area (Å²) in [5, 5.41) is 15.0. The molecule has 4 aromatic rings. The highest BCUT2D eigenvalue weighted by molar-refractivity contribution is 7.89. The van der Waals surface area contributed by atoms with Crippen LogP contribution < -0.4 is 14.8 Å². The molecular weight excluding hydrogens is 488 g/mol. The Morgan fingerprint density at radius 2 is 1.32 bits per heavy atom. The van der Waals surface area contributed by atoms with Crippen LogP contribution >= 0.6 is 0 Å². The summed E-state index contributed by atoms with van der Waals surface area (Å²) in [4.78, 5) is 11.9. The number of nitrogens with one attached hydrogen (secondary N) is 2. The molecule has 0 saturated carbocycles. The van der Waals surface area contributed by atoms with Gasteiger partial charge in [0.15, 0.2) is 0 Å². The third kappa shape index (κ3) is 5.09. The summed E-state index contributed by atoms with van der Waals surface area (Å²) in [6.07, 6.45) is 0.384. The molecule has 1 fully saturated rings. The van der Waals surface area contributed by atoms with Gasteiger partial charge in [-0.2, -0.15) is 4.72 Å². The molecule has 1 aliphatic heterocycles. The van der Waals surface area contributed by atoms with Crippen molar-refractivity contribution < 1.29 is 23.1 Å². The first-order chi connectivity index (χ1) is 17.8. The van der Waals surface area contributed by atoms with E-state index in [1.807, 2.05) is 42.5 Å². The molecule has 0 bridgehead atoms. The molecule has 1 heterocycles. The van der Waals surface area contributed by atoms with Crippen molar-refractivity contribution in [3.05, 3.63) is 84.9 Å². The van der Waals surface area contributed by atoms with Crippen LogP contribution in [0.3, 0.4) is 0 Å². The highest BCUT2D eigenvalue weighted by atomic mass is 32.2. The van der Waals surface area contributed by atoms with E-state index in [9.17, 15) is 18.3 Å². The lowest BCUT2D eigenvalue weighted by molar-refractivity contribution is -0.145. The zero-order valence-electron chi connectivity index (χ0n) is 20.4. The van der Waals surface area contributed by atoms with Crippen LogP contribution in [0.25, 0.3) is 33.0 Å². The molecular formula is C29H28N2O5S. The summed E-state index contributed by atoms with van der Waals surface area (Å²) >= 11 is 0. The summed E-state index contributed by atoms with van der Waals surface area (Å²) in [5.41, 5.74) is 2.50. The monoisotopic (exact) mass is 516 g/mol. The number of ether oxygens (including phenoxy) is 1. The first kappa shape index (κ1) is 25.0. The molecule has 5 rings (SSSR count). The van der Waals surface area contributed by atoms with Gasteiger partial charge in [0, 0.05) is 0 Å². The van der Waals surface area contributed by atoms with Crippen LogP contribution in [-0.2, 0) is 14.8 Å². The Balaban J connectivity index is 1.34. The molecule has 0 amide bonds. The van der Waals surface area contributed by atoms with Gasteiger partial charge < -0.3 is 15.2 Å². The lowest BCUT2D eigenvalue weighted by atomic mass is 9.90. The van der Waals surface area contributed by atoms with Crippen molar-refractivity contribution in [1.29, 1.82) is 0 Å². The van der Waals surface area contributed by atoms with E-state index in [0.29, 0.717) is 13.1 Å². The summed E-state index contributed by atoms with van der Waals surface area (Å²) in [6.45, 7) is 0.884. The summed E-state index contributed by atoms with van der Waals surface area (Å²) in [6, 6.07) is 26.9. The Morgan fingerprint density at radius 1 is 0.811 bits per heavy atom. The second-order valence-corrected chi connectivity index (χ2v) is 11.0. The zero-order valence-corrected chi connectivity index (χ0v) is 21.2. The predicted octanol–water partition coefficient (Wildman–Crippen LogP) is 4.67. The summed E-state index contributed by atoms with van der Waals surface area (Å²) < 4.78 is 33.7. The van der Waals surface area contributed by atoms with Gasteiger partial charge in [-0.3, -0.25) is 4.79 Å². The Hall–Kier alpha value is -3.72. The SMILES string of the molecule is COc1ccc2cc(-c3ccc(-c4ccc(S(=O)(=O)NC5(C(=O)O)CCNCC5)cc4)cc3)ccc2c1. The van der Waals surface area contributed by atoms with Gasteiger partial charge in [0.1, 0.15) is 11.3 Å². The van der Waals surface area contributed by atoms with Gasteiger partial charge >= 0.3 is 5.97 Å². The van der Waals surface area contributed by atoms with E-state index >= 15 is 0 Å². The van der Waals surface area contributed by atoms with Crippen LogP contribution in [0.1, 0.15) is 12.8 Å². The average Bonchev–Trinajstić information content (AvgIpc) is 2.93. The molecule has 0 atom stereocenters. The number of piperidine rings is 1. The molecule has 8 heteroatoms. The first-order valence-corrected chi connectivity index (χ1v) is 13.5. The van der Waals surface area contributed by atoms with Gasteiger partial charge in [-0.25, -0.2) is 8.42 Å². The predicted molar refractivity (Wildman–Crippen MR) is 144 cm³/mol. The number of carbonyl (C=O) groups is 1. The number of carboxylic acids is 1. The average molecular weight is 517 g/mol. The zero-order chi connectivity index (χ0) is 26.0. The minimum absolute atomic E-state index is 0.0415. The van der Waals surface area contributed by atoms with Crippen LogP contribution in [0.15, 0.2) is 89.8 Å². The maximum atomic E-state index is 13.0. The molecule has 0 unspecified atom stereocenters. The molecule has 3 N–H and O–H groups in total. The minimum Gasteiger partial charge on any atom is -0.497 e. The van der Waals surface area contributed by atoms with Gasteiger partial charge in [-0.05, 0) is 89.3 Å². The number of aliphatic carboxylic acids is 1. The van der Waals surface area contributed by atoms with Crippen molar-refractivity contribution in [3.63, 3.8) is 0 Å². The molecule has 1 aliphatic rings. The van der Waals surface area contributed by atoms with E-state index in [1.54, 1.807) is 19.2 Å². The molecule has 0 spiro atoms. The Bertz CT molecular complexity index is 1540. The largest absolute Gasteiger partial charge is 0.497 e. The number of carboxylic acid groups (broad SMARTS) is 1. The van der Waals surface area contributed by atoms with Gasteiger partial charge in [0.25, 0.3) is 0 Å². The van der Waals surface area contributed by atoms with E-state index in [4.69, 9.17) is 4.74 Å². The van der Waals surface area contributed by atoms with Crippen LogP contribution in [-0.4, -0.2) is 45.2 Å². The molecule has 7 nitrogen and oxygen atoms in total. The topological polar surface area (TPSA) is 105 Å². The third-order valence-electron chi connectivity index (χ3n) is 6.96. The highest BCUT2D eigenvalue weighted by Crippen LogP contribution is 2.30. The second kappa shape index (κ2) is 9.97. The van der Waals surface area contributed by atoms with Crippen molar-refractivity contribution in [2.75, 3.05) is 20.2 Å². The van der Waals surface area contributed by atoms with Gasteiger partial charge in [0.2, 0.25) is 10.0 Å². The van der Waals surface area contributed by atoms with Crippen LogP contribution in [0.4, 0.5) is 0 Å². The highest BCUT2D eigenvalue weighted by Gasteiger charge is 2.43. The number of hydrogen-bond donors (Lipinski definition) is 3. The van der Waals surface area contributed by atoms with Gasteiger partial charge in [0.05, 0.1) is 12.0 Å². The molecule has 0 radical (unpaired) electrons. The van der Waals surface area contributed by atoms with Gasteiger partial charge in [-0.15, -0.1) is 0 Å². The van der Waals surface area contributed by atoms with Crippen LogP contribution in [0, 0.1) is 0 Å². The normalized spacial score (nSPS) is 15.4. The van der Waals surface area contributed by atoms with Gasteiger partial charge in [-0.1, -0.05) is 54.6 Å². The lowest BCUT2D eigenvalue weighted by Gasteiger charge is -2.34. The van der Waals surface area contributed by atoms with E-state index in [0.717, 1.165) is 38.8 Å². The number of hydrogen-bond acceptors (Lipinski definition) is 5. The standard InChI is InChI=1S/C29H28N2O5S/c1-36-26-11-8-24-18-23(6-7-25(24)19-26)22-4-2-20(3-5-22)21-9-12-27(13-10-21)37(34,35)31-29(28(32)33)14-16-30-17-15-29/h2-13,18-19,30-31H,14-17H2,1H3,(H,32,33). The summed E-state index contributed by atoms with van der Waals surface area (Å²) in [7, 11) is -2.34. The van der Waals surface area contributed by atoms with Crippen LogP contribution in [0.2, 0.25) is 0 Å². The number of fused-ring (bicyclic) bond motifs is 1. The maximum absolute atomic E-state index is 13.0. The number of benzene rings is 4. The van der Waals surface area contributed by atoms with Crippen molar-refractivity contribution in [2.45, 2.75) is 23.3 Å². The lowest BCUT2D eigenvalue weighted by Crippen LogP contribution is -2.59. The number of rotatable bonds is 7. The summed E-state index contributed by atoms with van der Waals surface area (Å²) in [5.74, 6) is -0.327. The Kier molecular flexibility index (Phi) is 6.72. The fourth-order valence-corrected chi connectivity index (χ4v) is 6.16. The molecule has 37 heavy (non-hydrogen) atoms. The smallest absolute Gasteiger partial charge is 0.324 e. The number of methoxy groups -OCH3 is 1. The Labute approximate surface area is 216 Å². The maximum Gasteiger partial charge on any atom is 0.324 e. The van der Waals surface area contributed by atoms with E-state index in [1.165, 1.54) is 12.1 Å². The third-order valence-corrected chi connectivity index (χ3v) is 8.51. The molecule has 0 aromatic heterocycles. The molecule has 0 aliphatic carbocycles. The van der Waals surface area contributed by atoms with Crippen LogP contribution in [0.5, 0.6) is 5.75 Å². The second-order valence-electron chi connectivity index (χ2n) is 9.27. The number of sulfonamides is 1. The van der Waals surface area contributed by atoms with E-state index in [2.05, 4.69) is 28.2 Å². The van der Waals surface area contributed by atoms with Crippen molar-refractivity contribution in [1.82, 2.24) is 10.0 Å². The Morgan fingerprint density at radius 3 is 1.92 bits per heavy atom. The van der Waals surface area contributed by atoms with Crippen molar-refractivity contribution >= 4 is 26.8 Å². The fourth-order valence-electron chi connectivity index (χ4n) is 4.74. The quantitative estimate of drug-likeness (QED) is 0.330. The fraction of sp³-hybridized carbons (Fsp3) is 0.207. The van der Waals surface area contributed by atoms with E-state index < -0.39 is 21.5 Å².